The summed E-state index contributed by atoms with van der Waals surface area (Å²) in [5, 5.41) is 8.58. The van der Waals surface area contributed by atoms with Crippen LogP contribution in [0.15, 0.2) is 22.1 Å². The van der Waals surface area contributed by atoms with E-state index in [1.807, 2.05) is 6.07 Å². The van der Waals surface area contributed by atoms with Crippen molar-refractivity contribution in [1.29, 1.82) is 5.26 Å². The molecular formula is C10H9NO2. The average molecular weight is 175 g/mol. The van der Waals surface area contributed by atoms with Crippen molar-refractivity contribution < 1.29 is 9.21 Å². The van der Waals surface area contributed by atoms with Gasteiger partial charge in [0.15, 0.2) is 5.78 Å². The molecule has 3 heteroatoms. The first-order valence-electron chi connectivity index (χ1n) is 3.82. The molecule has 3 nitrogen and oxygen atoms in total. The van der Waals surface area contributed by atoms with E-state index in [0.29, 0.717) is 5.76 Å². The second-order valence-corrected chi connectivity index (χ2v) is 2.67. The molecule has 0 aliphatic rings. The maximum atomic E-state index is 10.9. The Labute approximate surface area is 76.3 Å². The number of allylic oxidation sites excluding steroid dienone is 1. The summed E-state index contributed by atoms with van der Waals surface area (Å²) < 4.78 is 5.19. The van der Waals surface area contributed by atoms with Crippen molar-refractivity contribution in [3.63, 3.8) is 0 Å². The molecule has 13 heavy (non-hydrogen) atoms. The molecule has 0 aromatic carbocycles. The molecule has 0 unspecified atom stereocenters. The van der Waals surface area contributed by atoms with Gasteiger partial charge in [-0.05, 0) is 26.0 Å². The van der Waals surface area contributed by atoms with E-state index < -0.39 is 0 Å². The molecule has 66 valence electrons. The lowest BCUT2D eigenvalue weighted by molar-refractivity contribution is -0.113. The number of nitriles is 1. The highest BCUT2D eigenvalue weighted by atomic mass is 16.3. The third-order valence-electron chi connectivity index (χ3n) is 1.55. The summed E-state index contributed by atoms with van der Waals surface area (Å²) in [7, 11) is 0. The number of hydrogen-bond donors (Lipinski definition) is 0. The number of nitrogens with zero attached hydrogens (tertiary/aromatic N) is 1. The molecule has 0 saturated heterocycles. The molecule has 0 radical (unpaired) electrons. The van der Waals surface area contributed by atoms with Gasteiger partial charge in [0.2, 0.25) is 0 Å². The molecule has 0 bridgehead atoms. The topological polar surface area (TPSA) is 54.0 Å². The minimum Gasteiger partial charge on any atom is -0.462 e. The van der Waals surface area contributed by atoms with E-state index >= 15 is 0 Å². The van der Waals surface area contributed by atoms with Gasteiger partial charge < -0.3 is 4.42 Å². The predicted molar refractivity (Wildman–Crippen MR) is 47.7 cm³/mol. The molecule has 0 fully saturated rings. The molecule has 0 aliphatic heterocycles. The Kier molecular flexibility index (Phi) is 2.65. The summed E-state index contributed by atoms with van der Waals surface area (Å²) in [6.45, 7) is 3.15. The molecule has 0 saturated carbocycles. The highest BCUT2D eigenvalue weighted by Crippen LogP contribution is 2.10. The van der Waals surface area contributed by atoms with E-state index in [2.05, 4.69) is 0 Å². The second kappa shape index (κ2) is 3.72. The third kappa shape index (κ3) is 2.31. The number of aryl methyl sites for hydroxylation is 1. The Bertz CT molecular complexity index is 393. The molecule has 1 rings (SSSR count). The number of carbonyl (C=O) groups is 1. The van der Waals surface area contributed by atoms with Crippen molar-refractivity contribution in [2.75, 3.05) is 0 Å². The first-order valence-corrected chi connectivity index (χ1v) is 3.82. The summed E-state index contributed by atoms with van der Waals surface area (Å²) in [6, 6.07) is 5.31. The van der Waals surface area contributed by atoms with Gasteiger partial charge in [-0.15, -0.1) is 0 Å². The summed E-state index contributed by atoms with van der Waals surface area (Å²) in [5.74, 6) is 1.04. The van der Waals surface area contributed by atoms with Gasteiger partial charge in [0.25, 0.3) is 0 Å². The van der Waals surface area contributed by atoms with Crippen LogP contribution in [0.25, 0.3) is 6.08 Å². The normalized spacial score (nSPS) is 11.0. The number of rotatable bonds is 2. The fraction of sp³-hybridized carbons (Fsp3) is 0.200. The van der Waals surface area contributed by atoms with Gasteiger partial charge in [-0.2, -0.15) is 5.26 Å². The fourth-order valence-electron chi connectivity index (χ4n) is 0.886. The van der Waals surface area contributed by atoms with Crippen LogP contribution < -0.4 is 0 Å². The first kappa shape index (κ1) is 9.27. The smallest absolute Gasteiger partial charge is 0.170 e. The predicted octanol–water partition coefficient (Wildman–Crippen LogP) is 2.08. The van der Waals surface area contributed by atoms with Gasteiger partial charge in [0, 0.05) is 6.08 Å². The Balaban J connectivity index is 3.00. The monoisotopic (exact) mass is 175 g/mol. The Morgan fingerprint density at radius 2 is 2.31 bits per heavy atom. The maximum absolute atomic E-state index is 10.9. The van der Waals surface area contributed by atoms with Crippen LogP contribution in [0.2, 0.25) is 0 Å². The van der Waals surface area contributed by atoms with Gasteiger partial charge in [0.05, 0.1) is 5.57 Å². The summed E-state index contributed by atoms with van der Waals surface area (Å²) >= 11 is 0. The summed E-state index contributed by atoms with van der Waals surface area (Å²) in [6.07, 6.45) is 1.44. The number of furan rings is 1. The standard InChI is InChI=1S/C10H9NO2/c1-7-3-4-10(13-7)5-9(6-11)8(2)12/h3-5H,1-2H3/b9-5+. The van der Waals surface area contributed by atoms with E-state index in [1.165, 1.54) is 13.0 Å². The Morgan fingerprint density at radius 3 is 2.69 bits per heavy atom. The number of carbonyl (C=O) groups excluding carboxylic acids is 1. The van der Waals surface area contributed by atoms with E-state index in [0.717, 1.165) is 5.76 Å². The summed E-state index contributed by atoms with van der Waals surface area (Å²) in [4.78, 5) is 10.9. The zero-order valence-electron chi connectivity index (χ0n) is 7.50. The molecule has 1 aromatic rings. The van der Waals surface area contributed by atoms with Crippen molar-refractivity contribution in [3.05, 3.63) is 29.2 Å². The average Bonchev–Trinajstić information content (AvgIpc) is 2.46. The van der Waals surface area contributed by atoms with Gasteiger partial charge in [0.1, 0.15) is 17.6 Å². The number of hydrogen-bond acceptors (Lipinski definition) is 3. The fourth-order valence-corrected chi connectivity index (χ4v) is 0.886. The molecule has 1 aromatic heterocycles. The van der Waals surface area contributed by atoms with Crippen LogP contribution in [0.5, 0.6) is 0 Å². The molecular weight excluding hydrogens is 166 g/mol. The van der Waals surface area contributed by atoms with Crippen molar-refractivity contribution >= 4 is 11.9 Å². The maximum Gasteiger partial charge on any atom is 0.170 e. The minimum absolute atomic E-state index is 0.106. The van der Waals surface area contributed by atoms with Gasteiger partial charge >= 0.3 is 0 Å². The van der Waals surface area contributed by atoms with Crippen LogP contribution in [0.3, 0.4) is 0 Å². The van der Waals surface area contributed by atoms with Crippen LogP contribution >= 0.6 is 0 Å². The van der Waals surface area contributed by atoms with Crippen LogP contribution in [0.4, 0.5) is 0 Å². The molecule has 0 atom stereocenters. The van der Waals surface area contributed by atoms with Crippen LogP contribution in [0, 0.1) is 18.3 Å². The van der Waals surface area contributed by atoms with Crippen LogP contribution in [-0.4, -0.2) is 5.78 Å². The lowest BCUT2D eigenvalue weighted by Crippen LogP contribution is -1.92. The Morgan fingerprint density at radius 1 is 1.62 bits per heavy atom. The largest absolute Gasteiger partial charge is 0.462 e. The number of ketones is 1. The van der Waals surface area contributed by atoms with E-state index in [-0.39, 0.29) is 11.4 Å². The number of Topliss-reactive ketones (excluding diaryl/α,β-unsaturated/α-hetero) is 1. The van der Waals surface area contributed by atoms with E-state index in [9.17, 15) is 4.79 Å². The third-order valence-corrected chi connectivity index (χ3v) is 1.55. The zero-order valence-corrected chi connectivity index (χ0v) is 7.50. The van der Waals surface area contributed by atoms with Gasteiger partial charge in [-0.25, -0.2) is 0 Å². The van der Waals surface area contributed by atoms with Crippen LogP contribution in [-0.2, 0) is 4.79 Å². The van der Waals surface area contributed by atoms with E-state index in [4.69, 9.17) is 9.68 Å². The lowest BCUT2D eigenvalue weighted by atomic mass is 10.2. The highest BCUT2D eigenvalue weighted by Gasteiger charge is 2.03. The zero-order chi connectivity index (χ0) is 9.84. The highest BCUT2D eigenvalue weighted by molar-refractivity contribution is 6.01. The van der Waals surface area contributed by atoms with Crippen molar-refractivity contribution in [2.24, 2.45) is 0 Å². The molecule has 1 heterocycles. The SMILES string of the molecule is CC(=O)/C(C#N)=C/c1ccc(C)o1. The molecule has 0 N–H and O–H groups in total. The quantitative estimate of drug-likeness (QED) is 0.510. The first-order chi connectivity index (χ1) is 6.13. The molecule has 0 spiro atoms. The molecule has 0 amide bonds. The van der Waals surface area contributed by atoms with Gasteiger partial charge in [-0.3, -0.25) is 4.79 Å². The van der Waals surface area contributed by atoms with Crippen LogP contribution in [0.1, 0.15) is 18.4 Å². The van der Waals surface area contributed by atoms with Gasteiger partial charge in [-0.1, -0.05) is 0 Å². The minimum atomic E-state index is -0.253. The van der Waals surface area contributed by atoms with E-state index in [1.54, 1.807) is 19.1 Å². The van der Waals surface area contributed by atoms with Crippen molar-refractivity contribution in [3.8, 4) is 6.07 Å². The van der Waals surface area contributed by atoms with Crippen molar-refractivity contribution in [1.82, 2.24) is 0 Å². The second-order valence-electron chi connectivity index (χ2n) is 2.67. The lowest BCUT2D eigenvalue weighted by Gasteiger charge is -1.88. The Hall–Kier alpha value is -1.82. The summed E-state index contributed by atoms with van der Waals surface area (Å²) in [5.41, 5.74) is 0.106. The van der Waals surface area contributed by atoms with Crippen molar-refractivity contribution in [2.45, 2.75) is 13.8 Å². The molecule has 0 aliphatic carbocycles.